The normalized spacial score (nSPS) is 11.9. The molecule has 8 N–H and O–H groups in total. The summed E-state index contributed by atoms with van der Waals surface area (Å²) >= 11 is 0. The predicted octanol–water partition coefficient (Wildman–Crippen LogP) is 10.3. The summed E-state index contributed by atoms with van der Waals surface area (Å²) in [7, 11) is 7.88. The van der Waals surface area contributed by atoms with Crippen LogP contribution in [-0.4, -0.2) is 140 Å². The Hall–Kier alpha value is -10.6. The summed E-state index contributed by atoms with van der Waals surface area (Å²) < 4.78 is 0. The second-order valence-electron chi connectivity index (χ2n) is 21.8. The lowest BCUT2D eigenvalue weighted by molar-refractivity contribution is 0.0912. The zero-order valence-corrected chi connectivity index (χ0v) is 47.6. The Balaban J connectivity index is 0.622. The molecule has 1 unspecified atom stereocenters. The van der Waals surface area contributed by atoms with Crippen molar-refractivity contribution in [2.45, 2.75) is 13.0 Å². The summed E-state index contributed by atoms with van der Waals surface area (Å²) in [6.07, 6.45) is 0. The van der Waals surface area contributed by atoms with Crippen molar-refractivity contribution in [3.8, 4) is 67.8 Å². The number of aromatic amines is 4. The molecule has 8 aromatic carbocycles. The van der Waals surface area contributed by atoms with E-state index >= 15 is 0 Å². The highest BCUT2D eigenvalue weighted by Crippen LogP contribution is 2.32. The summed E-state index contributed by atoms with van der Waals surface area (Å²) in [5.41, 5.74) is 16.4. The lowest BCUT2D eigenvalue weighted by Crippen LogP contribution is -2.41. The molecule has 0 radical (unpaired) electrons. The molecular weight excluding hydrogens is 1060 g/mol. The maximum Gasteiger partial charge on any atom is 0.251 e. The van der Waals surface area contributed by atoms with E-state index in [4.69, 9.17) is 19.9 Å². The number of imidazole rings is 4. The van der Waals surface area contributed by atoms with Gasteiger partial charge < -0.3 is 51.0 Å². The van der Waals surface area contributed by atoms with Gasteiger partial charge >= 0.3 is 0 Å². The molecule has 85 heavy (non-hydrogen) atoms. The van der Waals surface area contributed by atoms with Crippen molar-refractivity contribution in [2.24, 2.45) is 0 Å². The van der Waals surface area contributed by atoms with E-state index < -0.39 is 0 Å². The van der Waals surface area contributed by atoms with Crippen molar-refractivity contribution in [2.75, 3.05) is 60.9 Å². The Morgan fingerprint density at radius 3 is 0.906 bits per heavy atom. The first-order valence-electron chi connectivity index (χ1n) is 28.1. The van der Waals surface area contributed by atoms with Crippen LogP contribution in [0.2, 0.25) is 0 Å². The number of aromatic nitrogens is 8. The second kappa shape index (κ2) is 23.7. The molecule has 0 saturated heterocycles. The van der Waals surface area contributed by atoms with E-state index in [1.54, 1.807) is 24.3 Å². The number of rotatable bonds is 19. The highest BCUT2D eigenvalue weighted by atomic mass is 16.2. The van der Waals surface area contributed by atoms with E-state index in [0.29, 0.717) is 47.0 Å². The largest absolute Gasteiger partial charge is 0.351 e. The van der Waals surface area contributed by atoms with Crippen LogP contribution in [0.3, 0.4) is 0 Å². The fourth-order valence-corrected chi connectivity index (χ4v) is 10.1. The molecule has 0 saturated carbocycles. The van der Waals surface area contributed by atoms with Gasteiger partial charge in [0.25, 0.3) is 23.6 Å². The summed E-state index contributed by atoms with van der Waals surface area (Å²) in [6, 6.07) is 53.5. The quantitative estimate of drug-likeness (QED) is 0.0381. The summed E-state index contributed by atoms with van der Waals surface area (Å²) in [6.45, 7) is 4.76. The van der Waals surface area contributed by atoms with Gasteiger partial charge in [0.2, 0.25) is 0 Å². The summed E-state index contributed by atoms with van der Waals surface area (Å²) in [5.74, 6) is 2.06. The average molecular weight is 1130 g/mol. The molecule has 4 aromatic heterocycles. The fraction of sp³-hybridized carbons (Fsp3) is 0.164. The van der Waals surface area contributed by atoms with E-state index in [9.17, 15) is 19.2 Å². The van der Waals surface area contributed by atoms with Gasteiger partial charge in [0.1, 0.15) is 23.3 Å². The average Bonchev–Trinajstić information content (AvgIpc) is 4.45. The van der Waals surface area contributed by atoms with Gasteiger partial charge in [0, 0.05) is 83.3 Å². The van der Waals surface area contributed by atoms with Crippen LogP contribution in [0.15, 0.2) is 170 Å². The van der Waals surface area contributed by atoms with E-state index in [2.05, 4.69) is 77.6 Å². The minimum absolute atomic E-state index is 0.105. The maximum atomic E-state index is 13.3. The maximum absolute atomic E-state index is 13.3. The van der Waals surface area contributed by atoms with Gasteiger partial charge in [-0.3, -0.25) is 19.2 Å². The topological polar surface area (TPSA) is 238 Å². The monoisotopic (exact) mass is 1130 g/mol. The predicted molar refractivity (Wildman–Crippen MR) is 335 cm³/mol. The van der Waals surface area contributed by atoms with Crippen molar-refractivity contribution in [1.82, 2.24) is 70.9 Å². The van der Waals surface area contributed by atoms with Crippen LogP contribution in [0.1, 0.15) is 48.4 Å². The molecule has 4 amide bonds. The van der Waals surface area contributed by atoms with Gasteiger partial charge in [-0.1, -0.05) is 72.8 Å². The molecule has 12 rings (SSSR count). The fourth-order valence-electron chi connectivity index (χ4n) is 10.1. The van der Waals surface area contributed by atoms with Crippen molar-refractivity contribution >= 4 is 67.8 Å². The molecule has 18 nitrogen and oxygen atoms in total. The van der Waals surface area contributed by atoms with Gasteiger partial charge in [-0.25, -0.2) is 19.9 Å². The first-order chi connectivity index (χ1) is 41.2. The number of hydrogen-bond donors (Lipinski definition) is 8. The standard InChI is InChI=1S/C67H62N14O4/c1-39(71-67(85)47-20-12-43(13-21-47)63-75-55-29-25-51(37-59(55)79-63)49-23-27-53-57(35-49)77-61(73-53)41-8-16-45(17-9-41)65(83)69-31-33-81(4)5)38-70-66(84)46-18-10-42(11-19-46)62-74-54-28-24-50(36-58(54)78-62)48-22-26-52-56(34-48)76-60(72-52)40-6-14-44(15-7-40)64(82)68-30-32-80(2)3/h6-29,34-37,39H,30-33,38H2,1-5H3,(H,68,82)(H,69,83)(H,70,84)(H,71,85)(H,72,76)(H,73,77)(H,74,78)(H,75,79). The van der Waals surface area contributed by atoms with Crippen LogP contribution in [0.25, 0.3) is 112 Å². The number of carbonyl (C=O) groups excluding carboxylic acids is 4. The Kier molecular flexibility index (Phi) is 15.4. The van der Waals surface area contributed by atoms with Crippen LogP contribution >= 0.6 is 0 Å². The molecule has 0 bridgehead atoms. The van der Waals surface area contributed by atoms with E-state index in [1.165, 1.54) is 0 Å². The number of H-pyrrole nitrogens is 4. The van der Waals surface area contributed by atoms with E-state index in [1.807, 2.05) is 154 Å². The number of nitrogens with zero attached hydrogens (tertiary/aromatic N) is 6. The molecule has 0 spiro atoms. The van der Waals surface area contributed by atoms with Crippen LogP contribution < -0.4 is 21.3 Å². The molecule has 1 atom stereocenters. The number of hydrogen-bond acceptors (Lipinski definition) is 10. The smallest absolute Gasteiger partial charge is 0.251 e. The Labute approximate surface area is 489 Å². The Morgan fingerprint density at radius 1 is 0.365 bits per heavy atom. The number of amides is 4. The lowest BCUT2D eigenvalue weighted by atomic mass is 10.0. The number of carbonyl (C=O) groups is 4. The Morgan fingerprint density at radius 2 is 0.624 bits per heavy atom. The number of nitrogens with one attached hydrogen (secondary N) is 8. The van der Waals surface area contributed by atoms with Gasteiger partial charge in [0.05, 0.1) is 44.1 Å². The van der Waals surface area contributed by atoms with Gasteiger partial charge in [-0.2, -0.15) is 0 Å². The van der Waals surface area contributed by atoms with Crippen LogP contribution in [-0.2, 0) is 0 Å². The van der Waals surface area contributed by atoms with E-state index in [0.717, 1.165) is 113 Å². The molecule has 0 aliphatic rings. The van der Waals surface area contributed by atoms with Gasteiger partial charge in [-0.05, 0) is 154 Å². The molecule has 0 aliphatic carbocycles. The third kappa shape index (κ3) is 12.3. The highest BCUT2D eigenvalue weighted by molar-refractivity contribution is 5.98. The Bertz CT molecular complexity index is 4440. The number of likely N-dealkylation sites (N-methyl/N-ethyl adjacent to an activating group) is 2. The number of benzene rings is 8. The zero-order chi connectivity index (χ0) is 58.7. The van der Waals surface area contributed by atoms with Crippen molar-refractivity contribution in [3.63, 3.8) is 0 Å². The van der Waals surface area contributed by atoms with E-state index in [-0.39, 0.29) is 36.2 Å². The van der Waals surface area contributed by atoms with Crippen molar-refractivity contribution in [1.29, 1.82) is 0 Å². The molecular formula is C67H62N14O4. The minimum atomic E-state index is -0.352. The lowest BCUT2D eigenvalue weighted by Gasteiger charge is -2.15. The third-order valence-corrected chi connectivity index (χ3v) is 14.9. The van der Waals surface area contributed by atoms with Crippen LogP contribution in [0, 0.1) is 0 Å². The first-order valence-corrected chi connectivity index (χ1v) is 28.1. The molecule has 18 heteroatoms. The minimum Gasteiger partial charge on any atom is -0.351 e. The SMILES string of the molecule is CC(CNC(=O)c1ccc(-c2nc3cc(-c4ccc5[nH]c(-c6ccc(C(=O)NCCN(C)C)cc6)nc5c4)ccc3[nH]2)cc1)NC(=O)c1ccc(-c2nc3cc(-c4ccc5[nH]c(-c6ccc(C(=O)NCCN(C)C)cc6)nc5c4)ccc3[nH]2)cc1. The molecule has 0 fully saturated rings. The summed E-state index contributed by atoms with van der Waals surface area (Å²) in [5, 5.41) is 11.8. The highest BCUT2D eigenvalue weighted by Gasteiger charge is 2.17. The number of fused-ring (bicyclic) bond motifs is 4. The van der Waals surface area contributed by atoms with Gasteiger partial charge in [0.15, 0.2) is 0 Å². The second-order valence-corrected chi connectivity index (χ2v) is 21.8. The molecule has 4 heterocycles. The van der Waals surface area contributed by atoms with Crippen LogP contribution in [0.5, 0.6) is 0 Å². The molecule has 0 aliphatic heterocycles. The van der Waals surface area contributed by atoms with Crippen molar-refractivity contribution < 1.29 is 19.2 Å². The zero-order valence-electron chi connectivity index (χ0n) is 47.6. The first kappa shape index (κ1) is 55.0. The molecule has 12 aromatic rings. The van der Waals surface area contributed by atoms with Gasteiger partial charge in [-0.15, -0.1) is 0 Å². The molecule has 424 valence electrons. The summed E-state index contributed by atoms with van der Waals surface area (Å²) in [4.78, 5) is 89.1. The van der Waals surface area contributed by atoms with Crippen molar-refractivity contribution in [3.05, 3.63) is 192 Å². The third-order valence-electron chi connectivity index (χ3n) is 14.9. The van der Waals surface area contributed by atoms with Crippen LogP contribution in [0.4, 0.5) is 0 Å².